The van der Waals surface area contributed by atoms with E-state index in [1.165, 1.54) is 29.1 Å². The summed E-state index contributed by atoms with van der Waals surface area (Å²) in [5, 5.41) is 0. The van der Waals surface area contributed by atoms with E-state index in [1.807, 2.05) is 0 Å². The Bertz CT molecular complexity index is 1380. The molecule has 210 valence electrons. The summed E-state index contributed by atoms with van der Waals surface area (Å²) in [7, 11) is 0. The van der Waals surface area contributed by atoms with Gasteiger partial charge in [0, 0.05) is 16.2 Å². The second-order valence-corrected chi connectivity index (χ2v) is 12.7. The number of halogens is 2. The van der Waals surface area contributed by atoms with Crippen LogP contribution in [0.25, 0.3) is 22.2 Å². The minimum Gasteiger partial charge on any atom is -0.443 e. The van der Waals surface area contributed by atoms with Crippen molar-refractivity contribution in [2.45, 2.75) is 79.1 Å². The van der Waals surface area contributed by atoms with E-state index in [1.54, 1.807) is 68.4 Å². The quantitative estimate of drug-likeness (QED) is 0.276. The number of nitrogens with zero attached hydrogens (tertiary/aromatic N) is 4. The minimum atomic E-state index is -1.06. The normalized spacial score (nSPS) is 12.3. The Morgan fingerprint density at radius 1 is 0.872 bits per heavy atom. The number of benzene rings is 1. The van der Waals surface area contributed by atoms with Crippen molar-refractivity contribution in [1.82, 2.24) is 14.5 Å². The number of fused-ring (bicyclic) bond motifs is 1. The van der Waals surface area contributed by atoms with Gasteiger partial charge in [-0.25, -0.2) is 33.3 Å². The van der Waals surface area contributed by atoms with Gasteiger partial charge in [0.1, 0.15) is 28.1 Å². The van der Waals surface area contributed by atoms with Gasteiger partial charge in [-0.15, -0.1) is 4.90 Å². The monoisotopic (exact) mass is 606 g/mol. The van der Waals surface area contributed by atoms with Crippen LogP contribution >= 0.6 is 15.9 Å². The molecule has 39 heavy (non-hydrogen) atoms. The molecule has 0 fully saturated rings. The van der Waals surface area contributed by atoms with Crippen molar-refractivity contribution in [2.75, 3.05) is 4.90 Å². The topological polar surface area (TPSA) is 113 Å². The first-order valence-corrected chi connectivity index (χ1v) is 12.9. The summed E-state index contributed by atoms with van der Waals surface area (Å²) in [6.07, 6.45) is -0.137. The average Bonchev–Trinajstić information content (AvgIpc) is 3.08. The van der Waals surface area contributed by atoms with Crippen molar-refractivity contribution in [3.63, 3.8) is 0 Å². The van der Waals surface area contributed by atoms with Gasteiger partial charge in [-0.05, 0) is 86.1 Å². The van der Waals surface area contributed by atoms with Crippen LogP contribution in [0.2, 0.25) is 0 Å². The molecule has 2 heterocycles. The molecule has 0 N–H and O–H groups in total. The van der Waals surface area contributed by atoms with Gasteiger partial charge in [-0.3, -0.25) is 0 Å². The molecule has 0 atom stereocenters. The molecule has 12 heteroatoms. The molecule has 0 unspecified atom stereocenters. The second kappa shape index (κ2) is 10.6. The number of hydrogen-bond donors (Lipinski definition) is 0. The van der Waals surface area contributed by atoms with Crippen LogP contribution in [0.1, 0.15) is 62.3 Å². The van der Waals surface area contributed by atoms with Crippen molar-refractivity contribution in [2.24, 2.45) is 0 Å². The summed E-state index contributed by atoms with van der Waals surface area (Å²) < 4.78 is 32.3. The van der Waals surface area contributed by atoms with E-state index >= 15 is 0 Å². The lowest BCUT2D eigenvalue weighted by Crippen LogP contribution is -2.44. The van der Waals surface area contributed by atoms with Gasteiger partial charge in [0.05, 0.1) is 11.7 Å². The predicted octanol–water partition coefficient (Wildman–Crippen LogP) is 7.46. The van der Waals surface area contributed by atoms with Crippen LogP contribution in [-0.4, -0.2) is 49.6 Å². The van der Waals surface area contributed by atoms with Crippen molar-refractivity contribution < 1.29 is 33.0 Å². The number of anilines is 1. The fourth-order valence-electron chi connectivity index (χ4n) is 3.34. The number of ether oxygens (including phenoxy) is 3. The van der Waals surface area contributed by atoms with Crippen molar-refractivity contribution in [1.29, 1.82) is 0 Å². The molecule has 0 bridgehead atoms. The summed E-state index contributed by atoms with van der Waals surface area (Å²) >= 11 is 3.28. The SMILES string of the molecule is CC(C)(C)OC(=O)N(C(=O)OC(C)(C)C)c1ncc2c(n1)c(-c1cc(F)cc(Br)c1)cn2C(=O)OC(C)(C)C. The summed E-state index contributed by atoms with van der Waals surface area (Å²) in [4.78, 5) is 48.5. The molecule has 10 nitrogen and oxygen atoms in total. The lowest BCUT2D eigenvalue weighted by Gasteiger charge is -2.27. The maximum Gasteiger partial charge on any atom is 0.427 e. The Morgan fingerprint density at radius 2 is 1.41 bits per heavy atom. The van der Waals surface area contributed by atoms with Crippen molar-refractivity contribution in [3.8, 4) is 11.1 Å². The third kappa shape index (κ3) is 7.75. The van der Waals surface area contributed by atoms with Crippen LogP contribution in [0.15, 0.2) is 35.1 Å². The smallest absolute Gasteiger partial charge is 0.427 e. The summed E-state index contributed by atoms with van der Waals surface area (Å²) in [5.41, 5.74) is -1.63. The molecule has 2 aromatic heterocycles. The van der Waals surface area contributed by atoms with Crippen LogP contribution in [-0.2, 0) is 14.2 Å². The Balaban J connectivity index is 2.27. The van der Waals surface area contributed by atoms with E-state index in [-0.39, 0.29) is 17.0 Å². The van der Waals surface area contributed by atoms with E-state index in [0.717, 1.165) is 0 Å². The highest BCUT2D eigenvalue weighted by molar-refractivity contribution is 9.10. The molecule has 3 rings (SSSR count). The second-order valence-electron chi connectivity index (χ2n) is 11.8. The number of hydrogen-bond acceptors (Lipinski definition) is 8. The number of rotatable bonds is 2. The molecule has 0 saturated carbocycles. The fourth-order valence-corrected chi connectivity index (χ4v) is 3.81. The Morgan fingerprint density at radius 3 is 1.90 bits per heavy atom. The summed E-state index contributed by atoms with van der Waals surface area (Å²) in [6, 6.07) is 4.18. The van der Waals surface area contributed by atoms with E-state index in [2.05, 4.69) is 25.9 Å². The first kappa shape index (κ1) is 30.0. The van der Waals surface area contributed by atoms with Crippen LogP contribution in [0.4, 0.5) is 24.7 Å². The zero-order valence-electron chi connectivity index (χ0n) is 23.4. The first-order chi connectivity index (χ1) is 17.7. The van der Waals surface area contributed by atoms with E-state index in [4.69, 9.17) is 14.2 Å². The highest BCUT2D eigenvalue weighted by atomic mass is 79.9. The molecular weight excluding hydrogens is 575 g/mol. The molecule has 0 saturated heterocycles. The molecular formula is C27H32BrFN4O6. The van der Waals surface area contributed by atoms with Crippen molar-refractivity contribution in [3.05, 3.63) is 40.9 Å². The highest BCUT2D eigenvalue weighted by Crippen LogP contribution is 2.33. The van der Waals surface area contributed by atoms with E-state index in [0.29, 0.717) is 20.5 Å². The largest absolute Gasteiger partial charge is 0.443 e. The summed E-state index contributed by atoms with van der Waals surface area (Å²) in [6.45, 7) is 15.0. The molecule has 2 amide bonds. The molecule has 0 aliphatic heterocycles. The fraction of sp³-hybridized carbons (Fsp3) is 0.444. The molecule has 1 aromatic carbocycles. The molecule has 0 aliphatic rings. The standard InChI is InChI=1S/C27H32BrFN4O6/c1-25(2,3)37-22(34)32-14-18(15-10-16(28)12-17(29)11-15)20-19(32)13-30-21(31-20)33(23(35)38-26(4,5)6)24(36)39-27(7,8)9/h10-14H,1-9H3. The van der Waals surface area contributed by atoms with Gasteiger partial charge in [-0.1, -0.05) is 15.9 Å². The summed E-state index contributed by atoms with van der Waals surface area (Å²) in [5.74, 6) is -0.888. The molecule has 0 radical (unpaired) electrons. The first-order valence-electron chi connectivity index (χ1n) is 12.1. The lowest BCUT2D eigenvalue weighted by molar-refractivity contribution is 0.0425. The zero-order chi connectivity index (χ0) is 29.5. The lowest BCUT2D eigenvalue weighted by atomic mass is 10.1. The van der Waals surface area contributed by atoms with Crippen LogP contribution in [0.5, 0.6) is 0 Å². The minimum absolute atomic E-state index is 0.153. The number of carbonyl (C=O) groups excluding carboxylic acids is 3. The number of imide groups is 1. The van der Waals surface area contributed by atoms with Gasteiger partial charge in [0.15, 0.2) is 0 Å². The Labute approximate surface area is 234 Å². The van der Waals surface area contributed by atoms with Gasteiger partial charge < -0.3 is 14.2 Å². The number of amides is 2. The highest BCUT2D eigenvalue weighted by Gasteiger charge is 2.35. The zero-order valence-corrected chi connectivity index (χ0v) is 25.0. The van der Waals surface area contributed by atoms with Gasteiger partial charge in [-0.2, -0.15) is 0 Å². The average molecular weight is 607 g/mol. The Hall–Kier alpha value is -3.54. The maximum atomic E-state index is 14.3. The van der Waals surface area contributed by atoms with E-state index in [9.17, 15) is 18.8 Å². The van der Waals surface area contributed by atoms with Gasteiger partial charge in [0.2, 0.25) is 5.95 Å². The van der Waals surface area contributed by atoms with Crippen LogP contribution < -0.4 is 4.90 Å². The van der Waals surface area contributed by atoms with Gasteiger partial charge >= 0.3 is 18.3 Å². The third-order valence-electron chi connectivity index (χ3n) is 4.65. The van der Waals surface area contributed by atoms with E-state index < -0.39 is 40.9 Å². The maximum absolute atomic E-state index is 14.3. The van der Waals surface area contributed by atoms with Gasteiger partial charge in [0.25, 0.3) is 0 Å². The number of aromatic nitrogens is 3. The van der Waals surface area contributed by atoms with Crippen LogP contribution in [0, 0.1) is 5.82 Å². The third-order valence-corrected chi connectivity index (χ3v) is 5.10. The number of carbonyl (C=O) groups is 3. The Kier molecular flexibility index (Phi) is 8.12. The molecule has 3 aromatic rings. The van der Waals surface area contributed by atoms with Crippen LogP contribution in [0.3, 0.4) is 0 Å². The predicted molar refractivity (Wildman–Crippen MR) is 147 cm³/mol. The van der Waals surface area contributed by atoms with Crippen molar-refractivity contribution >= 4 is 51.2 Å². The molecule has 0 aliphatic carbocycles. The molecule has 0 spiro atoms.